The van der Waals surface area contributed by atoms with Gasteiger partial charge in [-0.1, -0.05) is 0 Å². The quantitative estimate of drug-likeness (QED) is 0.698. The van der Waals surface area contributed by atoms with Crippen molar-refractivity contribution in [3.63, 3.8) is 0 Å². The molecule has 21 heavy (non-hydrogen) atoms. The number of nitrogens with one attached hydrogen (secondary N) is 2. The number of fused-ring (bicyclic) bond motifs is 1. The Morgan fingerprint density at radius 2 is 1.95 bits per heavy atom. The topological polar surface area (TPSA) is 81.6 Å². The molecule has 5 heteroatoms. The van der Waals surface area contributed by atoms with Gasteiger partial charge in [-0.3, -0.25) is 4.79 Å². The van der Waals surface area contributed by atoms with E-state index in [0.717, 1.165) is 23.4 Å². The van der Waals surface area contributed by atoms with Gasteiger partial charge < -0.3 is 20.8 Å². The SMILES string of the molecule is O=C1CCc2cc(NCc3ccc(O)cc3O)ccc2N1. The summed E-state index contributed by atoms with van der Waals surface area (Å²) in [6.07, 6.45) is 1.25. The number of phenols is 2. The second kappa shape index (κ2) is 5.36. The zero-order valence-corrected chi connectivity index (χ0v) is 11.4. The molecule has 108 valence electrons. The summed E-state index contributed by atoms with van der Waals surface area (Å²) < 4.78 is 0. The van der Waals surface area contributed by atoms with Crippen molar-refractivity contribution in [3.05, 3.63) is 47.5 Å². The molecule has 0 saturated heterocycles. The third kappa shape index (κ3) is 2.91. The first-order valence-electron chi connectivity index (χ1n) is 6.79. The normalized spacial score (nSPS) is 13.4. The molecule has 1 aliphatic rings. The van der Waals surface area contributed by atoms with Crippen LogP contribution in [0.4, 0.5) is 11.4 Å². The van der Waals surface area contributed by atoms with E-state index in [9.17, 15) is 15.0 Å². The molecule has 5 nitrogen and oxygen atoms in total. The van der Waals surface area contributed by atoms with Crippen LogP contribution in [0.3, 0.4) is 0 Å². The number of carbonyl (C=O) groups is 1. The Bertz CT molecular complexity index is 698. The van der Waals surface area contributed by atoms with Crippen molar-refractivity contribution >= 4 is 17.3 Å². The first-order valence-corrected chi connectivity index (χ1v) is 6.79. The summed E-state index contributed by atoms with van der Waals surface area (Å²) >= 11 is 0. The number of anilines is 2. The highest BCUT2D eigenvalue weighted by atomic mass is 16.3. The van der Waals surface area contributed by atoms with Gasteiger partial charge >= 0.3 is 0 Å². The van der Waals surface area contributed by atoms with Gasteiger partial charge in [0.25, 0.3) is 0 Å². The summed E-state index contributed by atoms with van der Waals surface area (Å²) in [4.78, 5) is 11.3. The average molecular weight is 284 g/mol. The fourth-order valence-corrected chi connectivity index (χ4v) is 2.39. The number of amides is 1. The van der Waals surface area contributed by atoms with Crippen LogP contribution in [-0.4, -0.2) is 16.1 Å². The summed E-state index contributed by atoms with van der Waals surface area (Å²) in [6, 6.07) is 10.3. The molecule has 1 amide bonds. The lowest BCUT2D eigenvalue weighted by atomic mass is 10.0. The Morgan fingerprint density at radius 1 is 1.10 bits per heavy atom. The number of benzene rings is 2. The van der Waals surface area contributed by atoms with Gasteiger partial charge in [-0.05, 0) is 42.3 Å². The molecule has 0 aromatic heterocycles. The minimum absolute atomic E-state index is 0.0424. The molecule has 0 unspecified atom stereocenters. The van der Waals surface area contributed by atoms with E-state index in [-0.39, 0.29) is 17.4 Å². The zero-order chi connectivity index (χ0) is 14.8. The van der Waals surface area contributed by atoms with E-state index < -0.39 is 0 Å². The van der Waals surface area contributed by atoms with Crippen LogP contribution >= 0.6 is 0 Å². The van der Waals surface area contributed by atoms with Crippen molar-refractivity contribution in [2.75, 3.05) is 10.6 Å². The Morgan fingerprint density at radius 3 is 2.76 bits per heavy atom. The summed E-state index contributed by atoms with van der Waals surface area (Å²) in [7, 11) is 0. The van der Waals surface area contributed by atoms with Gasteiger partial charge in [0.15, 0.2) is 0 Å². The van der Waals surface area contributed by atoms with Gasteiger partial charge in [0.05, 0.1) is 0 Å². The summed E-state index contributed by atoms with van der Waals surface area (Å²) in [5, 5.41) is 25.1. The van der Waals surface area contributed by atoms with E-state index in [2.05, 4.69) is 10.6 Å². The molecule has 0 spiro atoms. The number of rotatable bonds is 3. The lowest BCUT2D eigenvalue weighted by Crippen LogP contribution is -2.18. The van der Waals surface area contributed by atoms with E-state index in [1.54, 1.807) is 12.1 Å². The number of phenolic OH excluding ortho intramolecular Hbond substituents is 2. The van der Waals surface area contributed by atoms with Gasteiger partial charge in [-0.25, -0.2) is 0 Å². The minimum Gasteiger partial charge on any atom is -0.508 e. The van der Waals surface area contributed by atoms with Crippen molar-refractivity contribution < 1.29 is 15.0 Å². The highest BCUT2D eigenvalue weighted by Gasteiger charge is 2.14. The predicted octanol–water partition coefficient (Wildman–Crippen LogP) is 2.59. The molecule has 0 aliphatic carbocycles. The first kappa shape index (κ1) is 13.3. The molecule has 1 aliphatic heterocycles. The first-order chi connectivity index (χ1) is 10.1. The van der Waals surface area contributed by atoms with Crippen molar-refractivity contribution in [2.24, 2.45) is 0 Å². The van der Waals surface area contributed by atoms with Gasteiger partial charge in [0.1, 0.15) is 11.5 Å². The monoisotopic (exact) mass is 284 g/mol. The second-order valence-corrected chi connectivity index (χ2v) is 5.09. The Balaban J connectivity index is 1.72. The van der Waals surface area contributed by atoms with Crippen LogP contribution < -0.4 is 10.6 Å². The number of hydrogen-bond acceptors (Lipinski definition) is 4. The van der Waals surface area contributed by atoms with Crippen LogP contribution in [0, 0.1) is 0 Å². The van der Waals surface area contributed by atoms with Crippen molar-refractivity contribution in [3.8, 4) is 11.5 Å². The van der Waals surface area contributed by atoms with Crippen LogP contribution in [0.5, 0.6) is 11.5 Å². The number of aromatic hydroxyl groups is 2. The lowest BCUT2D eigenvalue weighted by molar-refractivity contribution is -0.116. The Labute approximate surface area is 122 Å². The molecular formula is C16H16N2O3. The third-order valence-electron chi connectivity index (χ3n) is 3.55. The van der Waals surface area contributed by atoms with Crippen LogP contribution in [-0.2, 0) is 17.8 Å². The number of hydrogen-bond donors (Lipinski definition) is 4. The smallest absolute Gasteiger partial charge is 0.224 e. The van der Waals surface area contributed by atoms with Crippen LogP contribution in [0.2, 0.25) is 0 Å². The molecule has 0 fully saturated rings. The van der Waals surface area contributed by atoms with Gasteiger partial charge in [-0.2, -0.15) is 0 Å². The predicted molar refractivity (Wildman–Crippen MR) is 80.5 cm³/mol. The van der Waals surface area contributed by atoms with Gasteiger partial charge in [-0.15, -0.1) is 0 Å². The molecule has 1 heterocycles. The molecule has 4 N–H and O–H groups in total. The van der Waals surface area contributed by atoms with Gasteiger partial charge in [0, 0.05) is 36.0 Å². The van der Waals surface area contributed by atoms with Crippen molar-refractivity contribution in [1.29, 1.82) is 0 Å². The summed E-state index contributed by atoms with van der Waals surface area (Å²) in [5.74, 6) is 0.158. The van der Waals surface area contributed by atoms with Crippen LogP contribution in [0.15, 0.2) is 36.4 Å². The molecule has 0 radical (unpaired) electrons. The zero-order valence-electron chi connectivity index (χ0n) is 11.4. The Kier molecular flexibility index (Phi) is 3.39. The fraction of sp³-hybridized carbons (Fsp3) is 0.188. The third-order valence-corrected chi connectivity index (χ3v) is 3.55. The van der Waals surface area contributed by atoms with Crippen LogP contribution in [0.25, 0.3) is 0 Å². The summed E-state index contributed by atoms with van der Waals surface area (Å²) in [6.45, 7) is 0.456. The molecule has 0 saturated carbocycles. The Hall–Kier alpha value is -2.69. The molecule has 2 aromatic carbocycles. The lowest BCUT2D eigenvalue weighted by Gasteiger charge is -2.18. The van der Waals surface area contributed by atoms with Crippen LogP contribution in [0.1, 0.15) is 17.5 Å². The van der Waals surface area contributed by atoms with E-state index in [1.807, 2.05) is 18.2 Å². The highest BCUT2D eigenvalue weighted by Crippen LogP contribution is 2.27. The van der Waals surface area contributed by atoms with E-state index in [0.29, 0.717) is 18.5 Å². The van der Waals surface area contributed by atoms with Crippen molar-refractivity contribution in [2.45, 2.75) is 19.4 Å². The maximum atomic E-state index is 11.3. The van der Waals surface area contributed by atoms with E-state index in [4.69, 9.17) is 0 Å². The maximum Gasteiger partial charge on any atom is 0.224 e. The maximum absolute atomic E-state index is 11.3. The fourth-order valence-electron chi connectivity index (χ4n) is 2.39. The van der Waals surface area contributed by atoms with Gasteiger partial charge in [0.2, 0.25) is 5.91 Å². The largest absolute Gasteiger partial charge is 0.508 e. The van der Waals surface area contributed by atoms with Crippen molar-refractivity contribution in [1.82, 2.24) is 0 Å². The van der Waals surface area contributed by atoms with E-state index >= 15 is 0 Å². The second-order valence-electron chi connectivity index (χ2n) is 5.09. The van der Waals surface area contributed by atoms with E-state index in [1.165, 1.54) is 6.07 Å². The molecule has 3 rings (SSSR count). The molecular weight excluding hydrogens is 268 g/mol. The number of aryl methyl sites for hydroxylation is 1. The number of carbonyl (C=O) groups excluding carboxylic acids is 1. The standard InChI is InChI=1S/C16H16N2O3/c19-13-4-1-11(15(20)8-13)9-17-12-3-5-14-10(7-12)2-6-16(21)18-14/h1,3-5,7-8,17,19-20H,2,6,9H2,(H,18,21). The highest BCUT2D eigenvalue weighted by molar-refractivity contribution is 5.94. The average Bonchev–Trinajstić information content (AvgIpc) is 2.46. The molecule has 0 atom stereocenters. The minimum atomic E-state index is 0.0424. The summed E-state index contributed by atoms with van der Waals surface area (Å²) in [5.41, 5.74) is 3.61. The molecule has 0 bridgehead atoms. The molecule has 2 aromatic rings.